The van der Waals surface area contributed by atoms with E-state index in [-0.39, 0.29) is 18.8 Å². The zero-order valence-corrected chi connectivity index (χ0v) is 9.26. The van der Waals surface area contributed by atoms with Crippen LogP contribution in [0.4, 0.5) is 8.78 Å². The van der Waals surface area contributed by atoms with Crippen molar-refractivity contribution in [3.05, 3.63) is 35.4 Å². The maximum Gasteiger partial charge on any atom is 0.248 e. The minimum absolute atomic E-state index is 0.00440. The van der Waals surface area contributed by atoms with Crippen molar-refractivity contribution in [2.45, 2.75) is 44.1 Å². The van der Waals surface area contributed by atoms with Crippen molar-refractivity contribution in [1.29, 1.82) is 0 Å². The molecular weight excluding hydrogens is 208 g/mol. The Kier molecular flexibility index (Phi) is 3.24. The molecule has 2 N–H and O–H groups in total. The van der Waals surface area contributed by atoms with Gasteiger partial charge in [0.05, 0.1) is 0 Å². The lowest BCUT2D eigenvalue weighted by atomic mass is 9.81. The summed E-state index contributed by atoms with van der Waals surface area (Å²) in [7, 11) is 0. The van der Waals surface area contributed by atoms with Crippen LogP contribution in [0.1, 0.15) is 42.7 Å². The monoisotopic (exact) mass is 225 g/mol. The number of nitrogens with two attached hydrogens (primary N) is 1. The Morgan fingerprint density at radius 1 is 1.38 bits per heavy atom. The first kappa shape index (κ1) is 11.5. The van der Waals surface area contributed by atoms with E-state index in [1.54, 1.807) is 0 Å². The van der Waals surface area contributed by atoms with Crippen LogP contribution in [0.5, 0.6) is 0 Å². The third-order valence-electron chi connectivity index (χ3n) is 3.30. The first-order valence-electron chi connectivity index (χ1n) is 5.77. The molecule has 1 nitrogen and oxygen atoms in total. The van der Waals surface area contributed by atoms with Crippen LogP contribution < -0.4 is 5.73 Å². The van der Waals surface area contributed by atoms with Gasteiger partial charge in [0, 0.05) is 19.4 Å². The van der Waals surface area contributed by atoms with Crippen LogP contribution in [-0.2, 0) is 6.54 Å². The zero-order chi connectivity index (χ0) is 11.6. The second-order valence-electron chi connectivity index (χ2n) is 4.60. The third-order valence-corrected chi connectivity index (χ3v) is 3.30. The Labute approximate surface area is 94.7 Å². The molecule has 1 atom stereocenters. The van der Waals surface area contributed by atoms with E-state index in [2.05, 4.69) is 0 Å². The highest BCUT2D eigenvalue weighted by Crippen LogP contribution is 2.41. The van der Waals surface area contributed by atoms with Gasteiger partial charge in [-0.2, -0.15) is 0 Å². The summed E-state index contributed by atoms with van der Waals surface area (Å²) in [5, 5.41) is 0. The summed E-state index contributed by atoms with van der Waals surface area (Å²) in [5.74, 6) is -2.49. The lowest BCUT2D eigenvalue weighted by Crippen LogP contribution is -2.24. The number of halogens is 2. The molecule has 0 bridgehead atoms. The topological polar surface area (TPSA) is 26.0 Å². The highest BCUT2D eigenvalue weighted by Gasteiger charge is 2.36. The van der Waals surface area contributed by atoms with Crippen molar-refractivity contribution in [2.24, 2.45) is 5.73 Å². The van der Waals surface area contributed by atoms with Gasteiger partial charge in [-0.1, -0.05) is 24.3 Å². The first-order valence-corrected chi connectivity index (χ1v) is 5.77. The largest absolute Gasteiger partial charge is 0.326 e. The molecule has 0 radical (unpaired) electrons. The molecule has 1 aliphatic rings. The van der Waals surface area contributed by atoms with Gasteiger partial charge >= 0.3 is 0 Å². The lowest BCUT2D eigenvalue weighted by molar-refractivity contribution is -0.0408. The molecule has 88 valence electrons. The molecule has 1 aliphatic carbocycles. The molecule has 1 aromatic carbocycles. The summed E-state index contributed by atoms with van der Waals surface area (Å²) in [6, 6.07) is 7.74. The van der Waals surface area contributed by atoms with Gasteiger partial charge in [-0.15, -0.1) is 0 Å². The first-order chi connectivity index (χ1) is 7.61. The van der Waals surface area contributed by atoms with Gasteiger partial charge in [-0.05, 0) is 29.9 Å². The number of alkyl halides is 2. The van der Waals surface area contributed by atoms with E-state index < -0.39 is 5.92 Å². The fourth-order valence-electron chi connectivity index (χ4n) is 2.43. The van der Waals surface area contributed by atoms with E-state index in [0.29, 0.717) is 13.0 Å². The van der Waals surface area contributed by atoms with E-state index in [1.807, 2.05) is 24.3 Å². The zero-order valence-electron chi connectivity index (χ0n) is 9.26. The lowest BCUT2D eigenvalue weighted by Gasteiger charge is -2.29. The van der Waals surface area contributed by atoms with Crippen LogP contribution in [0.15, 0.2) is 24.3 Å². The highest BCUT2D eigenvalue weighted by atomic mass is 19.3. The smallest absolute Gasteiger partial charge is 0.248 e. The van der Waals surface area contributed by atoms with Crippen LogP contribution in [-0.4, -0.2) is 5.92 Å². The summed E-state index contributed by atoms with van der Waals surface area (Å²) >= 11 is 0. The standard InChI is InChI=1S/C13H17F2N/c14-13(15)6-2-5-12(8-13)11-4-1-3-10(7-11)9-16/h1,3-4,7,12H,2,5-6,8-9,16H2. The van der Waals surface area contributed by atoms with Crippen LogP contribution in [0, 0.1) is 0 Å². The Hall–Kier alpha value is -0.960. The minimum Gasteiger partial charge on any atom is -0.326 e. The molecule has 2 rings (SSSR count). The Balaban J connectivity index is 2.16. The average molecular weight is 225 g/mol. The van der Waals surface area contributed by atoms with Crippen molar-refractivity contribution >= 4 is 0 Å². The van der Waals surface area contributed by atoms with E-state index in [9.17, 15) is 8.78 Å². The SMILES string of the molecule is NCc1cccc(C2CCCC(F)(F)C2)c1. The quantitative estimate of drug-likeness (QED) is 0.819. The molecule has 1 saturated carbocycles. The molecule has 3 heteroatoms. The molecule has 1 unspecified atom stereocenters. The predicted molar refractivity (Wildman–Crippen MR) is 60.5 cm³/mol. The van der Waals surface area contributed by atoms with Gasteiger partial charge in [0.1, 0.15) is 0 Å². The Morgan fingerprint density at radius 2 is 2.19 bits per heavy atom. The molecule has 0 aliphatic heterocycles. The van der Waals surface area contributed by atoms with Crippen LogP contribution in [0.25, 0.3) is 0 Å². The van der Waals surface area contributed by atoms with Crippen molar-refractivity contribution in [1.82, 2.24) is 0 Å². The van der Waals surface area contributed by atoms with Crippen molar-refractivity contribution < 1.29 is 8.78 Å². The molecule has 1 fully saturated rings. The minimum atomic E-state index is -2.48. The molecule has 0 aromatic heterocycles. The number of hydrogen-bond donors (Lipinski definition) is 1. The average Bonchev–Trinajstić information content (AvgIpc) is 2.28. The van der Waals surface area contributed by atoms with Crippen LogP contribution >= 0.6 is 0 Å². The van der Waals surface area contributed by atoms with Crippen molar-refractivity contribution in [3.63, 3.8) is 0 Å². The van der Waals surface area contributed by atoms with Crippen LogP contribution in [0.2, 0.25) is 0 Å². The fourth-order valence-corrected chi connectivity index (χ4v) is 2.43. The second kappa shape index (κ2) is 4.50. The summed E-state index contributed by atoms with van der Waals surface area (Å²) in [5.41, 5.74) is 7.59. The van der Waals surface area contributed by atoms with Gasteiger partial charge in [-0.25, -0.2) is 8.78 Å². The van der Waals surface area contributed by atoms with E-state index in [0.717, 1.165) is 17.5 Å². The van der Waals surface area contributed by atoms with Crippen molar-refractivity contribution in [2.75, 3.05) is 0 Å². The van der Waals surface area contributed by atoms with Gasteiger partial charge in [-0.3, -0.25) is 0 Å². The van der Waals surface area contributed by atoms with Gasteiger partial charge in [0.15, 0.2) is 0 Å². The summed E-state index contributed by atoms with van der Waals surface area (Å²) < 4.78 is 26.6. The molecule has 0 amide bonds. The highest BCUT2D eigenvalue weighted by molar-refractivity contribution is 5.27. The maximum atomic E-state index is 13.3. The summed E-state index contributed by atoms with van der Waals surface area (Å²) in [6.07, 6.45) is 1.51. The fraction of sp³-hybridized carbons (Fsp3) is 0.538. The molecule has 0 spiro atoms. The van der Waals surface area contributed by atoms with Crippen LogP contribution in [0.3, 0.4) is 0 Å². The molecule has 0 saturated heterocycles. The number of hydrogen-bond acceptors (Lipinski definition) is 1. The Morgan fingerprint density at radius 3 is 2.88 bits per heavy atom. The second-order valence-corrected chi connectivity index (χ2v) is 4.60. The molecule has 16 heavy (non-hydrogen) atoms. The van der Waals surface area contributed by atoms with E-state index >= 15 is 0 Å². The molecular formula is C13H17F2N. The van der Waals surface area contributed by atoms with Gasteiger partial charge in [0.25, 0.3) is 0 Å². The van der Waals surface area contributed by atoms with Gasteiger partial charge < -0.3 is 5.73 Å². The summed E-state index contributed by atoms with van der Waals surface area (Å²) in [4.78, 5) is 0. The number of rotatable bonds is 2. The van der Waals surface area contributed by atoms with Gasteiger partial charge in [0.2, 0.25) is 5.92 Å². The molecule has 1 aromatic rings. The maximum absolute atomic E-state index is 13.3. The third kappa shape index (κ3) is 2.59. The van der Waals surface area contributed by atoms with E-state index in [4.69, 9.17) is 5.73 Å². The van der Waals surface area contributed by atoms with E-state index in [1.165, 1.54) is 0 Å². The summed E-state index contributed by atoms with van der Waals surface area (Å²) in [6.45, 7) is 0.469. The Bertz CT molecular complexity index is 363. The van der Waals surface area contributed by atoms with Crippen molar-refractivity contribution in [3.8, 4) is 0 Å². The number of benzene rings is 1. The molecule has 0 heterocycles. The predicted octanol–water partition coefficient (Wildman–Crippen LogP) is 3.44. The normalized spacial score (nSPS) is 24.3.